The maximum Gasteiger partial charge on any atom is 0.0880 e. The second-order valence-corrected chi connectivity index (χ2v) is 5.83. The summed E-state index contributed by atoms with van der Waals surface area (Å²) >= 11 is 0. The van der Waals surface area contributed by atoms with Gasteiger partial charge in [-0.25, -0.2) is 0 Å². The van der Waals surface area contributed by atoms with Crippen LogP contribution < -0.4 is 0 Å². The third kappa shape index (κ3) is 5.65. The first-order valence-corrected chi connectivity index (χ1v) is 7.43. The summed E-state index contributed by atoms with van der Waals surface area (Å²) in [5.74, 6) is 0.0321. The summed E-state index contributed by atoms with van der Waals surface area (Å²) in [4.78, 5) is 0. The van der Waals surface area contributed by atoms with Crippen LogP contribution in [-0.2, 0) is 4.74 Å². The molecule has 1 fully saturated rings. The van der Waals surface area contributed by atoms with Crippen LogP contribution in [0.5, 0.6) is 0 Å². The Balaban J connectivity index is 2.27. The first-order valence-electron chi connectivity index (χ1n) is 7.43. The molecule has 0 aromatic rings. The molecule has 0 aliphatic carbocycles. The third-order valence-electron chi connectivity index (χ3n) is 3.94. The summed E-state index contributed by atoms with van der Waals surface area (Å²) in [7, 11) is 0. The maximum absolute atomic E-state index is 9.95. The number of hydrogen-bond donors (Lipinski definition) is 3. The van der Waals surface area contributed by atoms with Gasteiger partial charge in [0, 0.05) is 12.5 Å². The van der Waals surface area contributed by atoms with Gasteiger partial charge in [-0.1, -0.05) is 20.1 Å². The monoisotopic (exact) mass is 284 g/mol. The van der Waals surface area contributed by atoms with Crippen molar-refractivity contribution in [1.82, 2.24) is 0 Å². The number of ether oxygens (including phenoxy) is 1. The predicted molar refractivity (Wildman–Crippen MR) is 79.5 cm³/mol. The summed E-state index contributed by atoms with van der Waals surface area (Å²) in [6.07, 6.45) is 4.08. The SMILES string of the molecule is C=C(O)C(C)CC(O)CCC1OC(CCCO)CC1=C. The molecular weight excluding hydrogens is 256 g/mol. The van der Waals surface area contributed by atoms with Crippen molar-refractivity contribution in [3.63, 3.8) is 0 Å². The number of rotatable bonds is 9. The quantitative estimate of drug-likeness (QED) is 0.450. The van der Waals surface area contributed by atoms with Gasteiger partial charge in [0.05, 0.1) is 24.1 Å². The molecule has 0 bridgehead atoms. The van der Waals surface area contributed by atoms with E-state index in [-0.39, 0.29) is 30.5 Å². The van der Waals surface area contributed by atoms with Crippen LogP contribution in [0.1, 0.15) is 45.4 Å². The van der Waals surface area contributed by atoms with E-state index in [0.29, 0.717) is 12.8 Å². The van der Waals surface area contributed by atoms with Crippen molar-refractivity contribution in [1.29, 1.82) is 0 Å². The van der Waals surface area contributed by atoms with Crippen molar-refractivity contribution in [3.8, 4) is 0 Å². The zero-order chi connectivity index (χ0) is 15.1. The third-order valence-corrected chi connectivity index (χ3v) is 3.94. The summed E-state index contributed by atoms with van der Waals surface area (Å²) in [5.41, 5.74) is 1.08. The highest BCUT2D eigenvalue weighted by Gasteiger charge is 2.28. The molecular formula is C16H28O4. The van der Waals surface area contributed by atoms with E-state index in [4.69, 9.17) is 9.84 Å². The molecule has 1 heterocycles. The Labute approximate surface area is 121 Å². The van der Waals surface area contributed by atoms with Crippen LogP contribution in [0.2, 0.25) is 0 Å². The molecule has 20 heavy (non-hydrogen) atoms. The molecule has 1 saturated heterocycles. The average molecular weight is 284 g/mol. The lowest BCUT2D eigenvalue weighted by Crippen LogP contribution is -2.18. The van der Waals surface area contributed by atoms with E-state index in [9.17, 15) is 10.2 Å². The maximum atomic E-state index is 9.95. The Hall–Kier alpha value is -0.840. The highest BCUT2D eigenvalue weighted by atomic mass is 16.5. The highest BCUT2D eigenvalue weighted by Crippen LogP contribution is 2.30. The zero-order valence-corrected chi connectivity index (χ0v) is 12.4. The molecule has 0 aromatic heterocycles. The van der Waals surface area contributed by atoms with Crippen LogP contribution in [-0.4, -0.2) is 40.2 Å². The number of hydrogen-bond acceptors (Lipinski definition) is 4. The fourth-order valence-electron chi connectivity index (χ4n) is 2.57. The summed E-state index contributed by atoms with van der Waals surface area (Å²) in [6.45, 7) is 9.56. The van der Waals surface area contributed by atoms with Crippen LogP contribution in [0.3, 0.4) is 0 Å². The Bertz CT molecular complexity index is 326. The molecule has 0 saturated carbocycles. The van der Waals surface area contributed by atoms with E-state index in [1.807, 2.05) is 6.92 Å². The Morgan fingerprint density at radius 2 is 2.15 bits per heavy atom. The molecule has 0 radical (unpaired) electrons. The summed E-state index contributed by atoms with van der Waals surface area (Å²) in [5, 5.41) is 28.0. The van der Waals surface area contributed by atoms with Gasteiger partial charge in [0.25, 0.3) is 0 Å². The van der Waals surface area contributed by atoms with Crippen molar-refractivity contribution < 1.29 is 20.1 Å². The van der Waals surface area contributed by atoms with E-state index in [0.717, 1.165) is 31.3 Å². The van der Waals surface area contributed by atoms with E-state index >= 15 is 0 Å². The molecule has 0 amide bonds. The zero-order valence-electron chi connectivity index (χ0n) is 12.4. The van der Waals surface area contributed by atoms with Crippen molar-refractivity contribution >= 4 is 0 Å². The lowest BCUT2D eigenvalue weighted by atomic mass is 9.96. The van der Waals surface area contributed by atoms with Gasteiger partial charge in [0.1, 0.15) is 0 Å². The minimum Gasteiger partial charge on any atom is -0.513 e. The topological polar surface area (TPSA) is 69.9 Å². The van der Waals surface area contributed by atoms with Crippen molar-refractivity contribution in [2.75, 3.05) is 6.61 Å². The van der Waals surface area contributed by atoms with Crippen LogP contribution in [0.15, 0.2) is 24.5 Å². The molecule has 1 aliphatic heterocycles. The van der Waals surface area contributed by atoms with Gasteiger partial charge in [-0.05, 0) is 44.1 Å². The standard InChI is InChI=1S/C16H28O4/c1-11(13(3)18)9-14(19)6-7-16-12(2)10-15(20-16)5-4-8-17/h11,14-19H,2-10H2,1H3. The fourth-order valence-corrected chi connectivity index (χ4v) is 2.57. The molecule has 0 aromatic carbocycles. The Kier molecular flexibility index (Phi) is 7.27. The number of aliphatic hydroxyl groups excluding tert-OH is 3. The van der Waals surface area contributed by atoms with Gasteiger partial charge >= 0.3 is 0 Å². The molecule has 4 heteroatoms. The van der Waals surface area contributed by atoms with Crippen molar-refractivity contribution in [2.45, 2.75) is 63.8 Å². The van der Waals surface area contributed by atoms with Crippen molar-refractivity contribution in [2.24, 2.45) is 5.92 Å². The lowest BCUT2D eigenvalue weighted by Gasteiger charge is -2.18. The molecule has 4 nitrogen and oxygen atoms in total. The summed E-state index contributed by atoms with van der Waals surface area (Å²) < 4.78 is 5.89. The Morgan fingerprint density at radius 1 is 1.45 bits per heavy atom. The first kappa shape index (κ1) is 17.2. The lowest BCUT2D eigenvalue weighted by molar-refractivity contribution is 0.0287. The molecule has 1 aliphatic rings. The van der Waals surface area contributed by atoms with Crippen LogP contribution >= 0.6 is 0 Å². The number of aliphatic hydroxyl groups is 3. The number of allylic oxidation sites excluding steroid dienone is 1. The molecule has 3 N–H and O–H groups in total. The molecule has 4 atom stereocenters. The molecule has 0 spiro atoms. The second kappa shape index (κ2) is 8.45. The van der Waals surface area contributed by atoms with Gasteiger partial charge in [-0.15, -0.1) is 0 Å². The largest absolute Gasteiger partial charge is 0.513 e. The smallest absolute Gasteiger partial charge is 0.0880 e. The van der Waals surface area contributed by atoms with Crippen molar-refractivity contribution in [3.05, 3.63) is 24.5 Å². The molecule has 116 valence electrons. The summed E-state index contributed by atoms with van der Waals surface area (Å²) in [6, 6.07) is 0. The van der Waals surface area contributed by atoms with Crippen LogP contribution in [0.25, 0.3) is 0 Å². The second-order valence-electron chi connectivity index (χ2n) is 5.83. The minimum atomic E-state index is -0.457. The van der Waals surface area contributed by atoms with Gasteiger partial charge in [-0.3, -0.25) is 0 Å². The van der Waals surface area contributed by atoms with E-state index in [1.165, 1.54) is 0 Å². The molecule has 1 rings (SSSR count). The fraction of sp³-hybridized carbons (Fsp3) is 0.750. The van der Waals surface area contributed by atoms with E-state index in [1.54, 1.807) is 0 Å². The van der Waals surface area contributed by atoms with Crippen LogP contribution in [0, 0.1) is 5.92 Å². The Morgan fingerprint density at radius 3 is 2.75 bits per heavy atom. The molecule has 4 unspecified atom stereocenters. The van der Waals surface area contributed by atoms with E-state index < -0.39 is 6.10 Å². The predicted octanol–water partition coefficient (Wildman–Crippen LogP) is 2.71. The minimum absolute atomic E-state index is 0.0148. The highest BCUT2D eigenvalue weighted by molar-refractivity contribution is 5.09. The average Bonchev–Trinajstić information content (AvgIpc) is 2.74. The van der Waals surface area contributed by atoms with Gasteiger partial charge in [-0.2, -0.15) is 0 Å². The normalized spacial score (nSPS) is 25.6. The van der Waals surface area contributed by atoms with Gasteiger partial charge in [0.2, 0.25) is 0 Å². The van der Waals surface area contributed by atoms with E-state index in [2.05, 4.69) is 13.2 Å². The van der Waals surface area contributed by atoms with Gasteiger partial charge in [0.15, 0.2) is 0 Å². The first-order chi connectivity index (χ1) is 9.43. The van der Waals surface area contributed by atoms with Gasteiger partial charge < -0.3 is 20.1 Å². The van der Waals surface area contributed by atoms with Crippen LogP contribution in [0.4, 0.5) is 0 Å².